The Morgan fingerprint density at radius 1 is 1.43 bits per heavy atom. The lowest BCUT2D eigenvalue weighted by molar-refractivity contribution is -0.385. The number of pyridine rings is 1. The van der Waals surface area contributed by atoms with Gasteiger partial charge < -0.3 is 5.73 Å². The van der Waals surface area contributed by atoms with Crippen molar-refractivity contribution >= 4 is 23.1 Å². The van der Waals surface area contributed by atoms with Crippen LogP contribution >= 0.6 is 0 Å². The second-order valence-electron chi connectivity index (χ2n) is 4.20. The first-order valence-corrected chi connectivity index (χ1v) is 5.84. The van der Waals surface area contributed by atoms with Crippen LogP contribution in [-0.2, 0) is 0 Å². The van der Waals surface area contributed by atoms with Crippen molar-refractivity contribution in [1.29, 1.82) is 0 Å². The van der Waals surface area contributed by atoms with Crippen LogP contribution in [0.1, 0.15) is 10.4 Å². The van der Waals surface area contributed by atoms with Gasteiger partial charge in [0.25, 0.3) is 11.6 Å². The molecule has 0 unspecified atom stereocenters. The Kier molecular flexibility index (Phi) is 3.79. The minimum atomic E-state index is -0.946. The summed E-state index contributed by atoms with van der Waals surface area (Å²) >= 11 is 0. The third-order valence-electron chi connectivity index (χ3n) is 2.84. The van der Waals surface area contributed by atoms with E-state index >= 15 is 0 Å². The molecule has 2 rings (SSSR count). The Morgan fingerprint density at radius 3 is 2.71 bits per heavy atom. The van der Waals surface area contributed by atoms with E-state index in [0.717, 1.165) is 11.0 Å². The number of carbonyl (C=O) groups is 1. The highest BCUT2D eigenvalue weighted by Crippen LogP contribution is 2.26. The zero-order valence-corrected chi connectivity index (χ0v) is 11.0. The lowest BCUT2D eigenvalue weighted by atomic mass is 10.1. The number of carbonyl (C=O) groups excluding carboxylic acids is 1. The Bertz CT molecular complexity index is 706. The van der Waals surface area contributed by atoms with Gasteiger partial charge in [0.15, 0.2) is 5.82 Å². The van der Waals surface area contributed by atoms with E-state index in [1.807, 2.05) is 0 Å². The molecule has 8 heteroatoms. The second kappa shape index (κ2) is 5.53. The van der Waals surface area contributed by atoms with Gasteiger partial charge >= 0.3 is 0 Å². The lowest BCUT2D eigenvalue weighted by Crippen LogP contribution is -2.28. The van der Waals surface area contributed by atoms with Gasteiger partial charge in [0.05, 0.1) is 16.7 Å². The number of nitro groups is 1. The maximum atomic E-state index is 13.3. The van der Waals surface area contributed by atoms with Gasteiger partial charge in [0.1, 0.15) is 11.4 Å². The third-order valence-corrected chi connectivity index (χ3v) is 2.84. The number of rotatable bonds is 3. The monoisotopic (exact) mass is 290 g/mol. The SMILES string of the molecule is CN(C(=O)c1cc(N)c(F)cc1[N+](=O)[O-])c1ccccn1. The van der Waals surface area contributed by atoms with E-state index in [4.69, 9.17) is 5.73 Å². The molecule has 0 saturated heterocycles. The molecule has 0 saturated carbocycles. The van der Waals surface area contributed by atoms with Gasteiger partial charge in [-0.3, -0.25) is 19.8 Å². The lowest BCUT2D eigenvalue weighted by Gasteiger charge is -2.16. The number of benzene rings is 1. The Hall–Kier alpha value is -3.03. The summed E-state index contributed by atoms with van der Waals surface area (Å²) in [5, 5.41) is 11.0. The molecule has 0 aliphatic rings. The van der Waals surface area contributed by atoms with E-state index < -0.39 is 22.3 Å². The van der Waals surface area contributed by atoms with Crippen molar-refractivity contribution in [2.24, 2.45) is 0 Å². The third kappa shape index (κ3) is 2.78. The first kappa shape index (κ1) is 14.4. The maximum Gasteiger partial charge on any atom is 0.285 e. The summed E-state index contributed by atoms with van der Waals surface area (Å²) in [5.74, 6) is -1.34. The number of hydrogen-bond donors (Lipinski definition) is 1. The number of nitrogens with zero attached hydrogens (tertiary/aromatic N) is 3. The van der Waals surface area contributed by atoms with Crippen molar-refractivity contribution in [3.8, 4) is 0 Å². The molecule has 1 aromatic heterocycles. The van der Waals surface area contributed by atoms with Crippen LogP contribution in [-0.4, -0.2) is 22.9 Å². The van der Waals surface area contributed by atoms with Gasteiger partial charge in [-0.25, -0.2) is 9.37 Å². The maximum absolute atomic E-state index is 13.3. The summed E-state index contributed by atoms with van der Waals surface area (Å²) in [6, 6.07) is 6.49. The Morgan fingerprint density at radius 2 is 2.14 bits per heavy atom. The van der Waals surface area contributed by atoms with Crippen molar-refractivity contribution in [3.05, 3.63) is 58.0 Å². The van der Waals surface area contributed by atoms with Crippen molar-refractivity contribution in [2.75, 3.05) is 17.7 Å². The number of nitrogens with two attached hydrogens (primary N) is 1. The van der Waals surface area contributed by atoms with E-state index in [9.17, 15) is 19.3 Å². The summed E-state index contributed by atoms with van der Waals surface area (Å²) in [7, 11) is 1.41. The molecule has 0 aliphatic carbocycles. The van der Waals surface area contributed by atoms with E-state index in [1.54, 1.807) is 18.2 Å². The normalized spacial score (nSPS) is 10.2. The second-order valence-corrected chi connectivity index (χ2v) is 4.20. The molecule has 1 amide bonds. The van der Waals surface area contributed by atoms with Gasteiger partial charge in [-0.15, -0.1) is 0 Å². The summed E-state index contributed by atoms with van der Waals surface area (Å²) < 4.78 is 13.3. The van der Waals surface area contributed by atoms with E-state index in [0.29, 0.717) is 11.9 Å². The molecule has 0 aliphatic heterocycles. The fraction of sp³-hybridized carbons (Fsp3) is 0.0769. The minimum Gasteiger partial charge on any atom is -0.396 e. The van der Waals surface area contributed by atoms with Crippen molar-refractivity contribution in [3.63, 3.8) is 0 Å². The fourth-order valence-corrected chi connectivity index (χ4v) is 1.74. The van der Waals surface area contributed by atoms with Gasteiger partial charge in [-0.1, -0.05) is 6.07 Å². The number of amides is 1. The highest BCUT2D eigenvalue weighted by molar-refractivity contribution is 6.08. The van der Waals surface area contributed by atoms with Gasteiger partial charge in [0.2, 0.25) is 0 Å². The van der Waals surface area contributed by atoms with Crippen LogP contribution in [0.25, 0.3) is 0 Å². The van der Waals surface area contributed by atoms with Crippen molar-refractivity contribution in [2.45, 2.75) is 0 Å². The molecule has 1 heterocycles. The molecule has 0 fully saturated rings. The average molecular weight is 290 g/mol. The molecule has 21 heavy (non-hydrogen) atoms. The molecular formula is C13H11FN4O3. The topological polar surface area (TPSA) is 102 Å². The van der Waals surface area contributed by atoms with Crippen LogP contribution in [0.15, 0.2) is 36.5 Å². The highest BCUT2D eigenvalue weighted by atomic mass is 19.1. The predicted molar refractivity (Wildman–Crippen MR) is 74.4 cm³/mol. The number of nitro benzene ring substituents is 1. The Balaban J connectivity index is 2.48. The Labute approximate surface area is 119 Å². The van der Waals surface area contributed by atoms with Gasteiger partial charge in [0, 0.05) is 13.2 Å². The molecule has 0 radical (unpaired) electrons. The molecular weight excluding hydrogens is 279 g/mol. The molecule has 108 valence electrons. The number of anilines is 2. The van der Waals surface area contributed by atoms with Gasteiger partial charge in [-0.2, -0.15) is 0 Å². The van der Waals surface area contributed by atoms with E-state index in [-0.39, 0.29) is 11.3 Å². The molecule has 0 bridgehead atoms. The molecule has 7 nitrogen and oxygen atoms in total. The van der Waals surface area contributed by atoms with Crippen LogP contribution in [0.3, 0.4) is 0 Å². The van der Waals surface area contributed by atoms with Crippen molar-refractivity contribution in [1.82, 2.24) is 4.98 Å². The number of halogens is 1. The zero-order chi connectivity index (χ0) is 15.6. The van der Waals surface area contributed by atoms with Crippen LogP contribution in [0.5, 0.6) is 0 Å². The number of nitrogen functional groups attached to an aromatic ring is 1. The summed E-state index contributed by atoms with van der Waals surface area (Å²) in [6.45, 7) is 0. The zero-order valence-electron chi connectivity index (χ0n) is 11.0. The first-order valence-electron chi connectivity index (χ1n) is 5.84. The standard InChI is InChI=1S/C13H11FN4O3/c1-17(12-4-2-3-5-16-12)13(19)8-6-10(15)9(14)7-11(8)18(20)21/h2-7H,15H2,1H3. The number of hydrogen-bond acceptors (Lipinski definition) is 5. The minimum absolute atomic E-state index is 0.299. The molecule has 2 N–H and O–H groups in total. The summed E-state index contributed by atoms with van der Waals surface area (Å²) in [5.41, 5.74) is 4.10. The summed E-state index contributed by atoms with van der Waals surface area (Å²) in [6.07, 6.45) is 1.48. The highest BCUT2D eigenvalue weighted by Gasteiger charge is 2.26. The van der Waals surface area contributed by atoms with Crippen LogP contribution in [0.2, 0.25) is 0 Å². The quantitative estimate of drug-likeness (QED) is 0.529. The molecule has 0 atom stereocenters. The van der Waals surface area contributed by atoms with Crippen molar-refractivity contribution < 1.29 is 14.1 Å². The van der Waals surface area contributed by atoms with Crippen LogP contribution < -0.4 is 10.6 Å². The summed E-state index contributed by atoms with van der Waals surface area (Å²) in [4.78, 5) is 27.6. The number of aromatic nitrogens is 1. The van der Waals surface area contributed by atoms with Crippen LogP contribution in [0.4, 0.5) is 21.6 Å². The fourth-order valence-electron chi connectivity index (χ4n) is 1.74. The molecule has 0 spiro atoms. The predicted octanol–water partition coefficient (Wildman–Crippen LogP) is 1.99. The molecule has 1 aromatic carbocycles. The molecule has 2 aromatic rings. The largest absolute Gasteiger partial charge is 0.396 e. The smallest absolute Gasteiger partial charge is 0.285 e. The van der Waals surface area contributed by atoms with Crippen LogP contribution in [0, 0.1) is 15.9 Å². The average Bonchev–Trinajstić information content (AvgIpc) is 2.48. The first-order chi connectivity index (χ1) is 9.91. The van der Waals surface area contributed by atoms with E-state index in [1.165, 1.54) is 13.2 Å². The van der Waals surface area contributed by atoms with Gasteiger partial charge in [-0.05, 0) is 18.2 Å². The van der Waals surface area contributed by atoms with E-state index in [2.05, 4.69) is 4.98 Å².